The highest BCUT2D eigenvalue weighted by molar-refractivity contribution is 5.82. The average molecular weight is 339 g/mol. The van der Waals surface area contributed by atoms with Gasteiger partial charge in [-0.25, -0.2) is 9.59 Å². The van der Waals surface area contributed by atoms with Gasteiger partial charge in [0.2, 0.25) is 0 Å². The van der Waals surface area contributed by atoms with Crippen molar-refractivity contribution in [2.45, 2.75) is 24.8 Å². The van der Waals surface area contributed by atoms with E-state index < -0.39 is 30.0 Å². The number of carbonyl (C=O) groups excluding carboxylic acids is 2. The fourth-order valence-electron chi connectivity index (χ4n) is 2.29. The van der Waals surface area contributed by atoms with Crippen molar-refractivity contribution >= 4 is 18.0 Å². The molecule has 0 heterocycles. The van der Waals surface area contributed by atoms with Crippen LogP contribution in [0.15, 0.2) is 24.3 Å². The Balaban J connectivity index is 3.16. The number of nitrogens with one attached hydrogen (secondary N) is 1. The van der Waals surface area contributed by atoms with Crippen molar-refractivity contribution in [3.05, 3.63) is 29.8 Å². The molecule has 2 N–H and O–H groups in total. The fourth-order valence-corrected chi connectivity index (χ4v) is 2.29. The number of alkyl carbamates (subject to hydrolysis) is 1. The molecule has 8 nitrogen and oxygen atoms in total. The zero-order chi connectivity index (χ0) is 18.1. The number of amides is 1. The first-order valence-electron chi connectivity index (χ1n) is 7.21. The lowest BCUT2D eigenvalue weighted by Gasteiger charge is -2.25. The number of aliphatic carboxylic acids is 1. The highest BCUT2D eigenvalue weighted by Gasteiger charge is 2.32. The molecule has 0 saturated heterocycles. The van der Waals surface area contributed by atoms with E-state index in [9.17, 15) is 14.4 Å². The largest absolute Gasteiger partial charge is 0.497 e. The Morgan fingerprint density at radius 1 is 1.08 bits per heavy atom. The number of carboxylic acids is 1. The minimum absolute atomic E-state index is 0.130. The quantitative estimate of drug-likeness (QED) is 0.691. The molecule has 0 bridgehead atoms. The van der Waals surface area contributed by atoms with Crippen molar-refractivity contribution in [1.29, 1.82) is 0 Å². The molecule has 1 amide bonds. The minimum Gasteiger partial charge on any atom is -0.497 e. The summed E-state index contributed by atoms with van der Waals surface area (Å²) in [6.07, 6.45) is -0.849. The molecule has 0 fully saturated rings. The van der Waals surface area contributed by atoms with E-state index >= 15 is 0 Å². The van der Waals surface area contributed by atoms with Gasteiger partial charge in [-0.05, 0) is 24.1 Å². The molecule has 0 saturated carbocycles. The Labute approximate surface area is 139 Å². The second-order valence-corrected chi connectivity index (χ2v) is 4.95. The number of methoxy groups -OCH3 is 3. The Morgan fingerprint density at radius 2 is 1.71 bits per heavy atom. The van der Waals surface area contributed by atoms with E-state index in [4.69, 9.17) is 14.6 Å². The maximum absolute atomic E-state index is 12.1. The number of ether oxygens (including phenoxy) is 3. The fraction of sp³-hybridized carbons (Fsp3) is 0.438. The number of carboxylic acid groups (broad SMARTS) is 1. The zero-order valence-corrected chi connectivity index (χ0v) is 13.8. The summed E-state index contributed by atoms with van der Waals surface area (Å²) in [6, 6.07) is 5.72. The number of hydrogen-bond donors (Lipinski definition) is 2. The number of benzene rings is 1. The molecule has 0 radical (unpaired) electrons. The van der Waals surface area contributed by atoms with E-state index in [1.54, 1.807) is 24.3 Å². The van der Waals surface area contributed by atoms with Crippen molar-refractivity contribution in [2.75, 3.05) is 21.3 Å². The second kappa shape index (κ2) is 9.39. The van der Waals surface area contributed by atoms with Crippen molar-refractivity contribution < 1.29 is 33.7 Å². The van der Waals surface area contributed by atoms with E-state index in [0.717, 1.165) is 0 Å². The van der Waals surface area contributed by atoms with E-state index in [1.165, 1.54) is 21.3 Å². The molecule has 1 aromatic carbocycles. The molecule has 1 rings (SSSR count). The van der Waals surface area contributed by atoms with Gasteiger partial charge in [0.1, 0.15) is 11.8 Å². The van der Waals surface area contributed by atoms with Crippen LogP contribution in [-0.2, 0) is 19.1 Å². The standard InChI is InChI=1S/C16H21NO7/c1-22-11-6-4-10(5-7-11)12(8-9-13(18)19)14(15(20)23-2)17-16(21)24-3/h4-7,12,14H,8-9H2,1-3H3,(H,17,21)(H,18,19)/t12-,14+/m1/s1. The molecule has 0 aromatic heterocycles. The summed E-state index contributed by atoms with van der Waals surface area (Å²) >= 11 is 0. The van der Waals surface area contributed by atoms with Gasteiger partial charge in [0.15, 0.2) is 0 Å². The summed E-state index contributed by atoms with van der Waals surface area (Å²) in [5.74, 6) is -1.67. The number of carbonyl (C=O) groups is 3. The highest BCUT2D eigenvalue weighted by atomic mass is 16.5. The van der Waals surface area contributed by atoms with Crippen LogP contribution in [0, 0.1) is 0 Å². The molecule has 0 aliphatic rings. The van der Waals surface area contributed by atoms with Crippen LogP contribution in [0.1, 0.15) is 24.3 Å². The van der Waals surface area contributed by atoms with Crippen LogP contribution < -0.4 is 10.1 Å². The lowest BCUT2D eigenvalue weighted by atomic mass is 9.87. The Kier molecular flexibility index (Phi) is 7.54. The van der Waals surface area contributed by atoms with Gasteiger partial charge in [0, 0.05) is 12.3 Å². The van der Waals surface area contributed by atoms with Crippen molar-refractivity contribution in [3.63, 3.8) is 0 Å². The van der Waals surface area contributed by atoms with E-state index in [0.29, 0.717) is 11.3 Å². The van der Waals surface area contributed by atoms with Gasteiger partial charge in [0.05, 0.1) is 21.3 Å². The summed E-state index contributed by atoms with van der Waals surface area (Å²) in [5, 5.41) is 11.4. The maximum Gasteiger partial charge on any atom is 0.407 e. The topological polar surface area (TPSA) is 111 Å². The third kappa shape index (κ3) is 5.45. The summed E-state index contributed by atoms with van der Waals surface area (Å²) < 4.78 is 14.3. The maximum atomic E-state index is 12.1. The van der Waals surface area contributed by atoms with Gasteiger partial charge in [-0.1, -0.05) is 12.1 Å². The summed E-state index contributed by atoms with van der Waals surface area (Å²) in [4.78, 5) is 34.5. The van der Waals surface area contributed by atoms with Crippen LogP contribution in [-0.4, -0.2) is 50.5 Å². The van der Waals surface area contributed by atoms with Gasteiger partial charge < -0.3 is 24.6 Å². The Morgan fingerprint density at radius 3 is 2.17 bits per heavy atom. The van der Waals surface area contributed by atoms with Crippen LogP contribution >= 0.6 is 0 Å². The molecule has 0 unspecified atom stereocenters. The molecule has 0 aliphatic carbocycles. The third-order valence-electron chi connectivity index (χ3n) is 3.53. The molecule has 132 valence electrons. The second-order valence-electron chi connectivity index (χ2n) is 4.95. The summed E-state index contributed by atoms with van der Waals surface area (Å²) in [7, 11) is 3.88. The first kappa shape index (κ1) is 19.3. The van der Waals surface area contributed by atoms with Crippen LogP contribution in [0.4, 0.5) is 4.79 Å². The lowest BCUT2D eigenvalue weighted by Crippen LogP contribution is -2.45. The van der Waals surface area contributed by atoms with Gasteiger partial charge in [0.25, 0.3) is 0 Å². The third-order valence-corrected chi connectivity index (χ3v) is 3.53. The number of rotatable bonds is 8. The van der Waals surface area contributed by atoms with E-state index in [2.05, 4.69) is 10.1 Å². The van der Waals surface area contributed by atoms with Crippen LogP contribution in [0.3, 0.4) is 0 Å². The first-order valence-corrected chi connectivity index (χ1v) is 7.21. The molecule has 24 heavy (non-hydrogen) atoms. The van der Waals surface area contributed by atoms with Crippen molar-refractivity contribution in [2.24, 2.45) is 0 Å². The van der Waals surface area contributed by atoms with Crippen molar-refractivity contribution in [3.8, 4) is 5.75 Å². The zero-order valence-electron chi connectivity index (χ0n) is 13.8. The molecular weight excluding hydrogens is 318 g/mol. The molecule has 1 aromatic rings. The van der Waals surface area contributed by atoms with Crippen LogP contribution in [0.25, 0.3) is 0 Å². The highest BCUT2D eigenvalue weighted by Crippen LogP contribution is 2.28. The first-order chi connectivity index (χ1) is 11.4. The monoisotopic (exact) mass is 339 g/mol. The van der Waals surface area contributed by atoms with E-state index in [-0.39, 0.29) is 12.8 Å². The lowest BCUT2D eigenvalue weighted by molar-refractivity contribution is -0.144. The summed E-state index contributed by atoms with van der Waals surface area (Å²) in [6.45, 7) is 0. The predicted octanol–water partition coefficient (Wildman–Crippen LogP) is 1.54. The predicted molar refractivity (Wildman–Crippen MR) is 83.9 cm³/mol. The molecule has 0 spiro atoms. The van der Waals surface area contributed by atoms with Crippen LogP contribution in [0.2, 0.25) is 0 Å². The van der Waals surface area contributed by atoms with Gasteiger partial charge in [-0.2, -0.15) is 0 Å². The normalized spacial score (nSPS) is 12.6. The van der Waals surface area contributed by atoms with Crippen LogP contribution in [0.5, 0.6) is 5.75 Å². The Bertz CT molecular complexity index is 570. The van der Waals surface area contributed by atoms with E-state index in [1.807, 2.05) is 0 Å². The molecule has 2 atom stereocenters. The summed E-state index contributed by atoms with van der Waals surface area (Å²) in [5.41, 5.74) is 0.670. The Hall–Kier alpha value is -2.77. The smallest absolute Gasteiger partial charge is 0.407 e. The molecule has 8 heteroatoms. The SMILES string of the molecule is COC(=O)N[C@H](C(=O)OC)[C@H](CCC(=O)O)c1ccc(OC)cc1. The number of hydrogen-bond acceptors (Lipinski definition) is 6. The van der Waals surface area contributed by atoms with Gasteiger partial charge in [-0.15, -0.1) is 0 Å². The molecule has 0 aliphatic heterocycles. The number of esters is 1. The van der Waals surface area contributed by atoms with Gasteiger partial charge >= 0.3 is 18.0 Å². The average Bonchev–Trinajstić information content (AvgIpc) is 2.60. The minimum atomic E-state index is -1.07. The molecular formula is C16H21NO7. The van der Waals surface area contributed by atoms with Gasteiger partial charge in [-0.3, -0.25) is 4.79 Å². The van der Waals surface area contributed by atoms with Crippen molar-refractivity contribution in [1.82, 2.24) is 5.32 Å².